The van der Waals surface area contributed by atoms with Gasteiger partial charge in [0.1, 0.15) is 12.2 Å². The first kappa shape index (κ1) is 17.2. The summed E-state index contributed by atoms with van der Waals surface area (Å²) in [5.74, 6) is 1.29. The van der Waals surface area contributed by atoms with Crippen molar-refractivity contribution in [3.63, 3.8) is 0 Å². The fraction of sp³-hybridized carbons (Fsp3) is 0.474. The molecule has 1 aromatic heterocycles. The van der Waals surface area contributed by atoms with Crippen LogP contribution in [0.5, 0.6) is 0 Å². The topological polar surface area (TPSA) is 74.8 Å². The first-order chi connectivity index (χ1) is 12.0. The Bertz CT molecular complexity index is 817. The Labute approximate surface area is 148 Å². The highest BCUT2D eigenvalue weighted by Gasteiger charge is 2.27. The second-order valence-corrected chi connectivity index (χ2v) is 6.88. The number of aromatic nitrogens is 3. The highest BCUT2D eigenvalue weighted by molar-refractivity contribution is 6.00. The smallest absolute Gasteiger partial charge is 0.161 e. The SMILES string of the molecule is CC(=O)c1ccc(C#N)cc1N1CCCC(c2nncn2C(C)C)C1. The van der Waals surface area contributed by atoms with Crippen LogP contribution in [0.15, 0.2) is 24.5 Å². The summed E-state index contributed by atoms with van der Waals surface area (Å²) in [6.45, 7) is 7.47. The van der Waals surface area contributed by atoms with Crippen LogP contribution in [0, 0.1) is 11.3 Å². The Kier molecular flexibility index (Phi) is 4.84. The molecule has 1 fully saturated rings. The molecule has 0 N–H and O–H groups in total. The first-order valence-electron chi connectivity index (χ1n) is 8.70. The molecule has 1 unspecified atom stereocenters. The van der Waals surface area contributed by atoms with Gasteiger partial charge in [-0.25, -0.2) is 0 Å². The second kappa shape index (κ2) is 7.06. The van der Waals surface area contributed by atoms with Crippen LogP contribution in [-0.4, -0.2) is 33.6 Å². The van der Waals surface area contributed by atoms with Crippen molar-refractivity contribution in [2.75, 3.05) is 18.0 Å². The number of carbonyl (C=O) groups is 1. The van der Waals surface area contributed by atoms with E-state index < -0.39 is 0 Å². The molecule has 130 valence electrons. The Morgan fingerprint density at radius 1 is 1.40 bits per heavy atom. The summed E-state index contributed by atoms with van der Waals surface area (Å²) in [5, 5.41) is 17.6. The van der Waals surface area contributed by atoms with Gasteiger partial charge in [0.05, 0.1) is 11.6 Å². The van der Waals surface area contributed by atoms with E-state index in [2.05, 4.69) is 39.6 Å². The third-order valence-corrected chi connectivity index (χ3v) is 4.79. The first-order valence-corrected chi connectivity index (χ1v) is 8.70. The molecule has 0 aliphatic carbocycles. The molecular formula is C19H23N5O. The van der Waals surface area contributed by atoms with E-state index in [0.29, 0.717) is 17.2 Å². The van der Waals surface area contributed by atoms with E-state index in [1.54, 1.807) is 25.4 Å². The van der Waals surface area contributed by atoms with Gasteiger partial charge in [-0.2, -0.15) is 5.26 Å². The van der Waals surface area contributed by atoms with E-state index in [1.165, 1.54) is 0 Å². The molecule has 1 aliphatic heterocycles. The lowest BCUT2D eigenvalue weighted by molar-refractivity contribution is 0.101. The highest BCUT2D eigenvalue weighted by Crippen LogP contribution is 2.32. The van der Waals surface area contributed by atoms with E-state index in [1.807, 2.05) is 6.07 Å². The van der Waals surface area contributed by atoms with Gasteiger partial charge in [0.2, 0.25) is 0 Å². The molecule has 0 spiro atoms. The van der Waals surface area contributed by atoms with Crippen LogP contribution in [0.2, 0.25) is 0 Å². The van der Waals surface area contributed by atoms with Gasteiger partial charge in [0.15, 0.2) is 5.78 Å². The fourth-order valence-electron chi connectivity index (χ4n) is 3.51. The Morgan fingerprint density at radius 3 is 2.88 bits per heavy atom. The van der Waals surface area contributed by atoms with Crippen molar-refractivity contribution in [1.29, 1.82) is 5.26 Å². The summed E-state index contributed by atoms with van der Waals surface area (Å²) in [4.78, 5) is 14.2. The fourth-order valence-corrected chi connectivity index (χ4v) is 3.51. The maximum Gasteiger partial charge on any atom is 0.161 e. The molecule has 0 bridgehead atoms. The number of hydrogen-bond donors (Lipinski definition) is 0. The van der Waals surface area contributed by atoms with Gasteiger partial charge >= 0.3 is 0 Å². The minimum absolute atomic E-state index is 0.0203. The lowest BCUT2D eigenvalue weighted by Crippen LogP contribution is -2.36. The summed E-state index contributed by atoms with van der Waals surface area (Å²) >= 11 is 0. The lowest BCUT2D eigenvalue weighted by atomic mass is 9.95. The van der Waals surface area contributed by atoms with Crippen molar-refractivity contribution in [2.24, 2.45) is 0 Å². The van der Waals surface area contributed by atoms with Crippen molar-refractivity contribution >= 4 is 11.5 Å². The van der Waals surface area contributed by atoms with Gasteiger partial charge in [0, 0.05) is 36.3 Å². The number of ketones is 1. The Hall–Kier alpha value is -2.68. The van der Waals surface area contributed by atoms with Gasteiger partial charge in [0.25, 0.3) is 0 Å². The number of anilines is 1. The van der Waals surface area contributed by atoms with Crippen molar-refractivity contribution in [3.8, 4) is 6.07 Å². The summed E-state index contributed by atoms with van der Waals surface area (Å²) < 4.78 is 2.12. The quantitative estimate of drug-likeness (QED) is 0.800. The number of nitriles is 1. The van der Waals surface area contributed by atoms with Crippen LogP contribution >= 0.6 is 0 Å². The average molecular weight is 337 g/mol. The van der Waals surface area contributed by atoms with Gasteiger partial charge in [-0.1, -0.05) is 0 Å². The summed E-state index contributed by atoms with van der Waals surface area (Å²) in [6, 6.07) is 7.78. The summed E-state index contributed by atoms with van der Waals surface area (Å²) in [5.41, 5.74) is 2.10. The van der Waals surface area contributed by atoms with E-state index in [4.69, 9.17) is 0 Å². The zero-order chi connectivity index (χ0) is 18.0. The normalized spacial score (nSPS) is 17.6. The van der Waals surface area contributed by atoms with Gasteiger partial charge in [-0.05, 0) is 51.8 Å². The van der Waals surface area contributed by atoms with Crippen molar-refractivity contribution in [2.45, 2.75) is 45.6 Å². The van der Waals surface area contributed by atoms with Gasteiger partial charge in [-0.15, -0.1) is 10.2 Å². The van der Waals surface area contributed by atoms with Crippen LogP contribution < -0.4 is 4.90 Å². The molecule has 1 aromatic carbocycles. The second-order valence-electron chi connectivity index (χ2n) is 6.88. The number of Topliss-reactive ketones (excluding diaryl/α,β-unsaturated/α-hetero) is 1. The number of piperidine rings is 1. The highest BCUT2D eigenvalue weighted by atomic mass is 16.1. The molecular weight excluding hydrogens is 314 g/mol. The molecule has 6 nitrogen and oxygen atoms in total. The van der Waals surface area contributed by atoms with E-state index in [-0.39, 0.29) is 11.7 Å². The Balaban J connectivity index is 1.93. The third kappa shape index (κ3) is 3.41. The van der Waals surface area contributed by atoms with Crippen LogP contribution in [0.4, 0.5) is 5.69 Å². The largest absolute Gasteiger partial charge is 0.370 e. The summed E-state index contributed by atoms with van der Waals surface area (Å²) in [7, 11) is 0. The standard InChI is InChI=1S/C19H23N5O/c1-13(2)24-12-21-22-19(24)16-5-4-8-23(11-16)18-9-15(10-20)6-7-17(18)14(3)25/h6-7,9,12-13,16H,4-5,8,11H2,1-3H3. The van der Waals surface area contributed by atoms with Gasteiger partial charge in [-0.3, -0.25) is 4.79 Å². The molecule has 1 atom stereocenters. The molecule has 0 amide bonds. The monoisotopic (exact) mass is 337 g/mol. The minimum Gasteiger partial charge on any atom is -0.370 e. The average Bonchev–Trinajstić information content (AvgIpc) is 3.11. The van der Waals surface area contributed by atoms with Crippen molar-refractivity contribution in [3.05, 3.63) is 41.5 Å². The third-order valence-electron chi connectivity index (χ3n) is 4.79. The summed E-state index contributed by atoms with van der Waals surface area (Å²) in [6.07, 6.45) is 3.86. The zero-order valence-electron chi connectivity index (χ0n) is 14.9. The number of nitrogens with zero attached hydrogens (tertiary/aromatic N) is 5. The molecule has 0 radical (unpaired) electrons. The van der Waals surface area contributed by atoms with Crippen LogP contribution in [0.25, 0.3) is 0 Å². The van der Waals surface area contributed by atoms with Crippen LogP contribution in [0.3, 0.4) is 0 Å². The van der Waals surface area contributed by atoms with E-state index in [9.17, 15) is 10.1 Å². The molecule has 1 saturated heterocycles. The number of carbonyl (C=O) groups excluding carboxylic acids is 1. The predicted octanol–water partition coefficient (Wildman–Crippen LogP) is 3.32. The number of rotatable bonds is 4. The molecule has 6 heteroatoms. The number of hydrogen-bond acceptors (Lipinski definition) is 5. The molecule has 25 heavy (non-hydrogen) atoms. The van der Waals surface area contributed by atoms with E-state index >= 15 is 0 Å². The number of benzene rings is 1. The molecule has 3 rings (SSSR count). The Morgan fingerprint density at radius 2 is 2.20 bits per heavy atom. The predicted molar refractivity (Wildman–Crippen MR) is 95.8 cm³/mol. The maximum atomic E-state index is 12.0. The van der Waals surface area contributed by atoms with Crippen LogP contribution in [-0.2, 0) is 0 Å². The van der Waals surface area contributed by atoms with E-state index in [0.717, 1.165) is 37.4 Å². The molecule has 2 heterocycles. The van der Waals surface area contributed by atoms with Gasteiger partial charge < -0.3 is 9.47 Å². The molecule has 0 saturated carbocycles. The van der Waals surface area contributed by atoms with Crippen molar-refractivity contribution < 1.29 is 4.79 Å². The van der Waals surface area contributed by atoms with Crippen LogP contribution in [0.1, 0.15) is 67.3 Å². The minimum atomic E-state index is 0.0203. The van der Waals surface area contributed by atoms with Crippen molar-refractivity contribution in [1.82, 2.24) is 14.8 Å². The maximum absolute atomic E-state index is 12.0. The molecule has 1 aliphatic rings. The lowest BCUT2D eigenvalue weighted by Gasteiger charge is -2.35. The zero-order valence-corrected chi connectivity index (χ0v) is 14.9. The molecule has 2 aromatic rings.